The number of hydrogen-bond acceptors (Lipinski definition) is 3. The van der Waals surface area contributed by atoms with E-state index in [1.165, 1.54) is 25.7 Å². The van der Waals surface area contributed by atoms with E-state index < -0.39 is 0 Å². The van der Waals surface area contributed by atoms with Gasteiger partial charge in [0.15, 0.2) is 0 Å². The Labute approximate surface area is 99.6 Å². The quantitative estimate of drug-likeness (QED) is 0.699. The van der Waals surface area contributed by atoms with E-state index in [4.69, 9.17) is 4.74 Å². The fraction of sp³-hybridized carbons (Fsp3) is 1.00. The predicted octanol–water partition coefficient (Wildman–Crippen LogP) is 1.80. The van der Waals surface area contributed by atoms with Gasteiger partial charge < -0.3 is 15.2 Å². The van der Waals surface area contributed by atoms with Crippen molar-refractivity contribution in [3.05, 3.63) is 0 Å². The molecule has 1 rings (SSSR count). The third-order valence-corrected chi connectivity index (χ3v) is 3.37. The molecular weight excluding hydrogens is 202 g/mol. The lowest BCUT2D eigenvalue weighted by molar-refractivity contribution is 0.0420. The minimum Gasteiger partial charge on any atom is -0.389 e. The van der Waals surface area contributed by atoms with Gasteiger partial charge in [0.25, 0.3) is 0 Å². The molecule has 0 amide bonds. The summed E-state index contributed by atoms with van der Waals surface area (Å²) in [4.78, 5) is 0. The molecule has 3 nitrogen and oxygen atoms in total. The third-order valence-electron chi connectivity index (χ3n) is 3.37. The van der Waals surface area contributed by atoms with Gasteiger partial charge in [-0.25, -0.2) is 0 Å². The number of rotatable bonds is 7. The fourth-order valence-electron chi connectivity index (χ4n) is 2.51. The minimum absolute atomic E-state index is 0.360. The van der Waals surface area contributed by atoms with Crippen molar-refractivity contribution in [3.8, 4) is 0 Å². The highest BCUT2D eigenvalue weighted by molar-refractivity contribution is 4.72. The van der Waals surface area contributed by atoms with Crippen LogP contribution in [0.1, 0.15) is 39.5 Å². The van der Waals surface area contributed by atoms with Gasteiger partial charge in [-0.15, -0.1) is 0 Å². The van der Waals surface area contributed by atoms with Crippen molar-refractivity contribution in [2.24, 2.45) is 11.8 Å². The molecule has 0 saturated heterocycles. The van der Waals surface area contributed by atoms with Gasteiger partial charge in [0.1, 0.15) is 0 Å². The molecule has 0 heterocycles. The van der Waals surface area contributed by atoms with Crippen molar-refractivity contribution in [2.45, 2.75) is 45.6 Å². The number of ether oxygens (including phenoxy) is 1. The smallest absolute Gasteiger partial charge is 0.0897 e. The molecule has 3 unspecified atom stereocenters. The zero-order chi connectivity index (χ0) is 11.8. The zero-order valence-corrected chi connectivity index (χ0v) is 10.7. The molecule has 0 radical (unpaired) electrons. The Morgan fingerprint density at radius 2 is 2.25 bits per heavy atom. The predicted molar refractivity (Wildman–Crippen MR) is 66.5 cm³/mol. The molecule has 3 atom stereocenters. The number of aliphatic hydroxyl groups excluding tert-OH is 1. The molecule has 0 aromatic heterocycles. The molecule has 1 fully saturated rings. The van der Waals surface area contributed by atoms with E-state index in [1.807, 2.05) is 6.92 Å². The van der Waals surface area contributed by atoms with Crippen LogP contribution in [-0.4, -0.2) is 37.5 Å². The summed E-state index contributed by atoms with van der Waals surface area (Å²) < 4.78 is 5.16. The van der Waals surface area contributed by atoms with E-state index in [0.29, 0.717) is 19.8 Å². The molecule has 0 aromatic carbocycles. The van der Waals surface area contributed by atoms with Crippen LogP contribution in [0, 0.1) is 11.8 Å². The molecule has 16 heavy (non-hydrogen) atoms. The second-order valence-electron chi connectivity index (χ2n) is 5.11. The summed E-state index contributed by atoms with van der Waals surface area (Å²) in [6.45, 7) is 7.12. The van der Waals surface area contributed by atoms with Gasteiger partial charge in [-0.2, -0.15) is 0 Å². The molecule has 0 spiro atoms. The Kier molecular flexibility index (Phi) is 7.01. The first-order chi connectivity index (χ1) is 7.72. The first-order valence-corrected chi connectivity index (χ1v) is 6.68. The Balaban J connectivity index is 2.01. The topological polar surface area (TPSA) is 41.5 Å². The molecule has 1 aliphatic carbocycles. The second-order valence-corrected chi connectivity index (χ2v) is 5.11. The Morgan fingerprint density at radius 1 is 1.44 bits per heavy atom. The average molecular weight is 229 g/mol. The molecule has 3 heteroatoms. The monoisotopic (exact) mass is 229 g/mol. The molecule has 0 bridgehead atoms. The van der Waals surface area contributed by atoms with Crippen LogP contribution in [0.2, 0.25) is 0 Å². The first-order valence-electron chi connectivity index (χ1n) is 6.68. The van der Waals surface area contributed by atoms with Crippen LogP contribution in [-0.2, 0) is 4.74 Å². The SMILES string of the molecule is CCOCC(O)CNCC1CCCC(C)C1. The zero-order valence-electron chi connectivity index (χ0n) is 10.7. The van der Waals surface area contributed by atoms with Crippen molar-refractivity contribution in [2.75, 3.05) is 26.3 Å². The Hall–Kier alpha value is -0.120. The maximum absolute atomic E-state index is 9.57. The number of aliphatic hydroxyl groups is 1. The molecule has 1 aliphatic rings. The van der Waals surface area contributed by atoms with Crippen LogP contribution in [0.3, 0.4) is 0 Å². The molecule has 96 valence electrons. The molecule has 1 saturated carbocycles. The largest absolute Gasteiger partial charge is 0.389 e. The van der Waals surface area contributed by atoms with Gasteiger partial charge >= 0.3 is 0 Å². The summed E-state index contributed by atoms with van der Waals surface area (Å²) in [6.07, 6.45) is 5.09. The maximum atomic E-state index is 9.57. The van der Waals surface area contributed by atoms with Crippen molar-refractivity contribution in [1.29, 1.82) is 0 Å². The van der Waals surface area contributed by atoms with Crippen LogP contribution < -0.4 is 5.32 Å². The number of hydrogen-bond donors (Lipinski definition) is 2. The lowest BCUT2D eigenvalue weighted by Crippen LogP contribution is -2.34. The van der Waals surface area contributed by atoms with Crippen molar-refractivity contribution in [1.82, 2.24) is 5.32 Å². The van der Waals surface area contributed by atoms with Crippen molar-refractivity contribution < 1.29 is 9.84 Å². The summed E-state index contributed by atoms with van der Waals surface area (Å²) in [7, 11) is 0. The summed E-state index contributed by atoms with van der Waals surface area (Å²) in [5, 5.41) is 12.9. The Bertz CT molecular complexity index is 175. The maximum Gasteiger partial charge on any atom is 0.0897 e. The van der Waals surface area contributed by atoms with Gasteiger partial charge in [0, 0.05) is 13.2 Å². The highest BCUT2D eigenvalue weighted by atomic mass is 16.5. The third kappa shape index (κ3) is 5.83. The number of nitrogens with one attached hydrogen (secondary N) is 1. The summed E-state index contributed by atoms with van der Waals surface area (Å²) in [5.74, 6) is 1.69. The van der Waals surface area contributed by atoms with Gasteiger partial charge in [0.2, 0.25) is 0 Å². The average Bonchev–Trinajstić information content (AvgIpc) is 2.26. The van der Waals surface area contributed by atoms with Crippen molar-refractivity contribution in [3.63, 3.8) is 0 Å². The Morgan fingerprint density at radius 3 is 2.94 bits per heavy atom. The lowest BCUT2D eigenvalue weighted by atomic mass is 9.82. The normalized spacial score (nSPS) is 27.9. The van der Waals surface area contributed by atoms with E-state index >= 15 is 0 Å². The highest BCUT2D eigenvalue weighted by Gasteiger charge is 2.18. The summed E-state index contributed by atoms with van der Waals surface area (Å²) >= 11 is 0. The van der Waals surface area contributed by atoms with Gasteiger partial charge in [0.05, 0.1) is 12.7 Å². The van der Waals surface area contributed by atoms with Crippen molar-refractivity contribution >= 4 is 0 Å². The summed E-state index contributed by atoms with van der Waals surface area (Å²) in [6, 6.07) is 0. The van der Waals surface area contributed by atoms with Gasteiger partial charge in [-0.05, 0) is 38.1 Å². The minimum atomic E-state index is -0.360. The van der Waals surface area contributed by atoms with Crippen LogP contribution in [0.5, 0.6) is 0 Å². The van der Waals surface area contributed by atoms with E-state index in [2.05, 4.69) is 12.2 Å². The van der Waals surface area contributed by atoms with Gasteiger partial charge in [-0.1, -0.05) is 19.8 Å². The standard InChI is InChI=1S/C13H27NO2/c1-3-16-10-13(15)9-14-8-12-6-4-5-11(2)7-12/h11-15H,3-10H2,1-2H3. The molecule has 2 N–H and O–H groups in total. The fourth-order valence-corrected chi connectivity index (χ4v) is 2.51. The van der Waals surface area contributed by atoms with E-state index in [0.717, 1.165) is 18.4 Å². The molecule has 0 aliphatic heterocycles. The van der Waals surface area contributed by atoms with Crippen LogP contribution in [0.15, 0.2) is 0 Å². The van der Waals surface area contributed by atoms with Crippen LogP contribution in [0.25, 0.3) is 0 Å². The lowest BCUT2D eigenvalue weighted by Gasteiger charge is -2.27. The van der Waals surface area contributed by atoms with Crippen LogP contribution >= 0.6 is 0 Å². The van der Waals surface area contributed by atoms with E-state index in [-0.39, 0.29) is 6.10 Å². The van der Waals surface area contributed by atoms with Gasteiger partial charge in [-0.3, -0.25) is 0 Å². The highest BCUT2D eigenvalue weighted by Crippen LogP contribution is 2.27. The second kappa shape index (κ2) is 8.04. The first kappa shape index (κ1) is 13.9. The molecular formula is C13H27NO2. The van der Waals surface area contributed by atoms with Crippen LogP contribution in [0.4, 0.5) is 0 Å². The molecule has 0 aromatic rings. The van der Waals surface area contributed by atoms with E-state index in [9.17, 15) is 5.11 Å². The summed E-state index contributed by atoms with van der Waals surface area (Å²) in [5.41, 5.74) is 0. The van der Waals surface area contributed by atoms with E-state index in [1.54, 1.807) is 0 Å².